The van der Waals surface area contributed by atoms with Crippen molar-refractivity contribution in [3.8, 4) is 17.2 Å². The van der Waals surface area contributed by atoms with E-state index in [2.05, 4.69) is 28.2 Å². The number of hydrogen-bond donors (Lipinski definition) is 1. The molecule has 0 saturated heterocycles. The summed E-state index contributed by atoms with van der Waals surface area (Å²) in [6, 6.07) is 3.27. The maximum Gasteiger partial charge on any atom is 0.255 e. The van der Waals surface area contributed by atoms with Gasteiger partial charge in [-0.05, 0) is 12.8 Å². The van der Waals surface area contributed by atoms with E-state index >= 15 is 0 Å². The van der Waals surface area contributed by atoms with E-state index in [-0.39, 0.29) is 5.91 Å². The standard InChI is InChI=1S/C15H22BrNO4/c1-10(16)6-5-7-17-15(18)11-8-13(20-3)14(21-4)9-12(11)19-2/h8-10H,5-7H2,1-4H3,(H,17,18). The number of carbonyl (C=O) groups is 1. The molecule has 0 aliphatic carbocycles. The number of alkyl halides is 1. The van der Waals surface area contributed by atoms with E-state index in [1.165, 1.54) is 14.2 Å². The quantitative estimate of drug-likeness (QED) is 0.572. The minimum Gasteiger partial charge on any atom is -0.496 e. The number of hydrogen-bond acceptors (Lipinski definition) is 4. The van der Waals surface area contributed by atoms with Crippen LogP contribution in [0.15, 0.2) is 12.1 Å². The maximum absolute atomic E-state index is 12.2. The summed E-state index contributed by atoms with van der Waals surface area (Å²) in [5, 5.41) is 2.88. The molecule has 0 saturated carbocycles. The Balaban J connectivity index is 2.82. The minimum absolute atomic E-state index is 0.185. The number of carbonyl (C=O) groups excluding carboxylic acids is 1. The van der Waals surface area contributed by atoms with Crippen molar-refractivity contribution in [2.45, 2.75) is 24.6 Å². The van der Waals surface area contributed by atoms with E-state index in [0.717, 1.165) is 12.8 Å². The second-order valence-electron chi connectivity index (χ2n) is 4.59. The van der Waals surface area contributed by atoms with Crippen molar-refractivity contribution in [1.82, 2.24) is 5.32 Å². The van der Waals surface area contributed by atoms with Crippen molar-refractivity contribution in [1.29, 1.82) is 0 Å². The van der Waals surface area contributed by atoms with E-state index in [4.69, 9.17) is 14.2 Å². The van der Waals surface area contributed by atoms with E-state index in [9.17, 15) is 4.79 Å². The van der Waals surface area contributed by atoms with Gasteiger partial charge in [-0.3, -0.25) is 4.79 Å². The predicted molar refractivity (Wildman–Crippen MR) is 86.1 cm³/mol. The maximum atomic E-state index is 12.2. The second kappa shape index (κ2) is 8.77. The van der Waals surface area contributed by atoms with Crippen LogP contribution < -0.4 is 19.5 Å². The van der Waals surface area contributed by atoms with Crippen molar-refractivity contribution in [2.24, 2.45) is 0 Å². The average Bonchev–Trinajstić information content (AvgIpc) is 2.49. The van der Waals surface area contributed by atoms with E-state index in [1.54, 1.807) is 19.2 Å². The Bertz CT molecular complexity index is 477. The molecule has 1 amide bonds. The molecule has 1 N–H and O–H groups in total. The SMILES string of the molecule is COc1cc(OC)c(C(=O)NCCCC(C)Br)cc1OC. The molecular weight excluding hydrogens is 338 g/mol. The van der Waals surface area contributed by atoms with Crippen LogP contribution in [0.3, 0.4) is 0 Å². The molecule has 0 radical (unpaired) electrons. The predicted octanol–water partition coefficient (Wildman–Crippen LogP) is 3.01. The smallest absolute Gasteiger partial charge is 0.255 e. The topological polar surface area (TPSA) is 56.8 Å². The largest absolute Gasteiger partial charge is 0.496 e. The first-order valence-corrected chi connectivity index (χ1v) is 7.67. The van der Waals surface area contributed by atoms with Gasteiger partial charge in [-0.1, -0.05) is 22.9 Å². The van der Waals surface area contributed by atoms with Gasteiger partial charge in [0.05, 0.1) is 26.9 Å². The van der Waals surface area contributed by atoms with E-state index < -0.39 is 0 Å². The lowest BCUT2D eigenvalue weighted by Gasteiger charge is -2.14. The third kappa shape index (κ3) is 5.12. The Morgan fingerprint density at radius 2 is 1.71 bits per heavy atom. The number of amides is 1. The molecule has 0 fully saturated rings. The Labute approximate surface area is 134 Å². The zero-order valence-electron chi connectivity index (χ0n) is 12.9. The van der Waals surface area contributed by atoms with Gasteiger partial charge in [0, 0.05) is 23.5 Å². The molecule has 0 aromatic heterocycles. The number of benzene rings is 1. The van der Waals surface area contributed by atoms with Gasteiger partial charge in [0.25, 0.3) is 5.91 Å². The van der Waals surface area contributed by atoms with Gasteiger partial charge in [0.2, 0.25) is 0 Å². The normalized spacial score (nSPS) is 11.7. The van der Waals surface area contributed by atoms with E-state index in [0.29, 0.717) is 34.2 Å². The lowest BCUT2D eigenvalue weighted by Crippen LogP contribution is -2.25. The Morgan fingerprint density at radius 1 is 1.14 bits per heavy atom. The molecule has 0 spiro atoms. The molecule has 1 aromatic rings. The van der Waals surface area contributed by atoms with E-state index in [1.807, 2.05) is 0 Å². The fraction of sp³-hybridized carbons (Fsp3) is 0.533. The van der Waals surface area contributed by atoms with Crippen LogP contribution in [-0.2, 0) is 0 Å². The summed E-state index contributed by atoms with van der Waals surface area (Å²) in [5.41, 5.74) is 0.432. The van der Waals surface area contributed by atoms with Crippen LogP contribution in [0.25, 0.3) is 0 Å². The first-order valence-electron chi connectivity index (χ1n) is 6.75. The van der Waals surface area contributed by atoms with Gasteiger partial charge in [-0.15, -0.1) is 0 Å². The molecule has 1 unspecified atom stereocenters. The number of rotatable bonds is 8. The molecule has 21 heavy (non-hydrogen) atoms. The van der Waals surface area contributed by atoms with Crippen molar-refractivity contribution in [3.05, 3.63) is 17.7 Å². The molecule has 6 heteroatoms. The fourth-order valence-electron chi connectivity index (χ4n) is 1.89. The summed E-state index contributed by atoms with van der Waals surface area (Å²) in [5.74, 6) is 1.30. The molecule has 1 atom stereocenters. The number of methoxy groups -OCH3 is 3. The molecule has 0 heterocycles. The fourth-order valence-corrected chi connectivity index (χ4v) is 2.21. The summed E-state index contributed by atoms with van der Waals surface area (Å²) in [4.78, 5) is 12.7. The summed E-state index contributed by atoms with van der Waals surface area (Å²) in [6.45, 7) is 2.70. The summed E-state index contributed by atoms with van der Waals surface area (Å²) < 4.78 is 15.7. The average molecular weight is 360 g/mol. The van der Waals surface area contributed by atoms with Crippen molar-refractivity contribution < 1.29 is 19.0 Å². The lowest BCUT2D eigenvalue weighted by molar-refractivity contribution is 0.0949. The highest BCUT2D eigenvalue weighted by Crippen LogP contribution is 2.34. The molecule has 5 nitrogen and oxygen atoms in total. The van der Waals surface area contributed by atoms with Crippen LogP contribution in [0, 0.1) is 0 Å². The highest BCUT2D eigenvalue weighted by molar-refractivity contribution is 9.09. The van der Waals surface area contributed by atoms with Crippen LogP contribution in [0.5, 0.6) is 17.2 Å². The number of nitrogens with one attached hydrogen (secondary N) is 1. The lowest BCUT2D eigenvalue weighted by atomic mass is 10.1. The van der Waals surface area contributed by atoms with Gasteiger partial charge < -0.3 is 19.5 Å². The van der Waals surface area contributed by atoms with Gasteiger partial charge in [0.1, 0.15) is 5.75 Å². The van der Waals surface area contributed by atoms with Gasteiger partial charge in [-0.2, -0.15) is 0 Å². The minimum atomic E-state index is -0.185. The monoisotopic (exact) mass is 359 g/mol. The van der Waals surface area contributed by atoms with Crippen LogP contribution >= 0.6 is 15.9 Å². The summed E-state index contributed by atoms with van der Waals surface area (Å²) in [7, 11) is 4.59. The Hall–Kier alpha value is -1.43. The van der Waals surface area contributed by atoms with Crippen LogP contribution in [0.4, 0.5) is 0 Å². The Kier molecular flexibility index (Phi) is 7.36. The van der Waals surface area contributed by atoms with Crippen LogP contribution in [-0.4, -0.2) is 38.6 Å². The van der Waals surface area contributed by atoms with Crippen LogP contribution in [0.1, 0.15) is 30.1 Å². The first kappa shape index (κ1) is 17.6. The highest BCUT2D eigenvalue weighted by atomic mass is 79.9. The molecule has 0 aliphatic rings. The van der Waals surface area contributed by atoms with Crippen LogP contribution in [0.2, 0.25) is 0 Å². The molecule has 1 aromatic carbocycles. The summed E-state index contributed by atoms with van der Waals surface area (Å²) in [6.07, 6.45) is 1.91. The van der Waals surface area contributed by atoms with Gasteiger partial charge in [0.15, 0.2) is 11.5 Å². The summed E-state index contributed by atoms with van der Waals surface area (Å²) >= 11 is 3.48. The molecule has 1 rings (SSSR count). The van der Waals surface area contributed by atoms with Crippen molar-refractivity contribution >= 4 is 21.8 Å². The zero-order valence-corrected chi connectivity index (χ0v) is 14.5. The molecule has 0 aliphatic heterocycles. The number of ether oxygens (including phenoxy) is 3. The van der Waals surface area contributed by atoms with Gasteiger partial charge >= 0.3 is 0 Å². The van der Waals surface area contributed by atoms with Crippen molar-refractivity contribution in [3.63, 3.8) is 0 Å². The zero-order chi connectivity index (χ0) is 15.8. The first-order chi connectivity index (χ1) is 10.0. The molecule has 118 valence electrons. The molecule has 0 bridgehead atoms. The van der Waals surface area contributed by atoms with Crippen molar-refractivity contribution in [2.75, 3.05) is 27.9 Å². The molecular formula is C15H22BrNO4. The Morgan fingerprint density at radius 3 is 2.24 bits per heavy atom. The van der Waals surface area contributed by atoms with Gasteiger partial charge in [-0.25, -0.2) is 0 Å². The second-order valence-corrected chi connectivity index (χ2v) is 6.15. The number of halogens is 1. The third-order valence-corrected chi connectivity index (χ3v) is 3.47. The highest BCUT2D eigenvalue weighted by Gasteiger charge is 2.17. The third-order valence-electron chi connectivity index (χ3n) is 3.01.